The van der Waals surface area contributed by atoms with Gasteiger partial charge in [0.15, 0.2) is 0 Å². The second-order valence-corrected chi connectivity index (χ2v) is 5.05. The van der Waals surface area contributed by atoms with Crippen molar-refractivity contribution in [3.05, 3.63) is 0 Å². The molecule has 0 aromatic rings. The minimum Gasteiger partial charge on any atom is -0.383 e. The van der Waals surface area contributed by atoms with Crippen LogP contribution in [0.3, 0.4) is 0 Å². The fourth-order valence-electron chi connectivity index (χ4n) is 2.78. The van der Waals surface area contributed by atoms with Crippen molar-refractivity contribution in [1.29, 1.82) is 0 Å². The van der Waals surface area contributed by atoms with E-state index in [1.807, 2.05) is 0 Å². The predicted octanol–water partition coefficient (Wildman–Crippen LogP) is 1.50. The Morgan fingerprint density at radius 1 is 1.39 bits per heavy atom. The number of nitrogens with one attached hydrogen (secondary N) is 1. The van der Waals surface area contributed by atoms with Gasteiger partial charge >= 0.3 is 0 Å². The van der Waals surface area contributed by atoms with E-state index >= 15 is 0 Å². The highest BCUT2D eigenvalue weighted by molar-refractivity contribution is 4.84. The molecule has 0 bridgehead atoms. The lowest BCUT2D eigenvalue weighted by molar-refractivity contribution is -0.0436. The number of methoxy groups -OCH3 is 1. The van der Waals surface area contributed by atoms with Crippen LogP contribution in [0.1, 0.15) is 33.6 Å². The summed E-state index contributed by atoms with van der Waals surface area (Å²) >= 11 is 0. The zero-order valence-electron chi connectivity index (χ0n) is 12.4. The van der Waals surface area contributed by atoms with Gasteiger partial charge in [0.05, 0.1) is 19.3 Å². The lowest BCUT2D eigenvalue weighted by Crippen LogP contribution is -2.54. The zero-order valence-corrected chi connectivity index (χ0v) is 12.4. The third-order valence-corrected chi connectivity index (χ3v) is 3.98. The average molecular weight is 258 g/mol. The first-order chi connectivity index (χ1) is 8.74. The number of hydrogen-bond donors (Lipinski definition) is 1. The van der Waals surface area contributed by atoms with E-state index in [4.69, 9.17) is 9.47 Å². The second-order valence-electron chi connectivity index (χ2n) is 5.05. The molecule has 4 heteroatoms. The molecular formula is C14H30N2O2. The molecule has 2 unspecified atom stereocenters. The van der Waals surface area contributed by atoms with Crippen LogP contribution in [0.15, 0.2) is 0 Å². The van der Waals surface area contributed by atoms with E-state index in [1.54, 1.807) is 7.11 Å². The van der Waals surface area contributed by atoms with Crippen molar-refractivity contribution in [3.63, 3.8) is 0 Å². The molecule has 1 fully saturated rings. The van der Waals surface area contributed by atoms with E-state index in [9.17, 15) is 0 Å². The summed E-state index contributed by atoms with van der Waals surface area (Å²) in [6.07, 6.45) is 2.67. The molecule has 1 N–H and O–H groups in total. The number of hydrogen-bond acceptors (Lipinski definition) is 4. The summed E-state index contributed by atoms with van der Waals surface area (Å²) < 4.78 is 11.1. The molecule has 1 aliphatic rings. The molecule has 0 aromatic carbocycles. The normalized spacial score (nSPS) is 22.7. The molecule has 2 atom stereocenters. The molecule has 4 nitrogen and oxygen atoms in total. The standard InChI is InChI=1S/C14H30N2O2/c1-5-13(6-2)16(8-10-17-4)12(3)14-11-15-7-9-18-14/h12-15H,5-11H2,1-4H3. The van der Waals surface area contributed by atoms with Crippen molar-refractivity contribution in [2.24, 2.45) is 0 Å². The Balaban J connectivity index is 2.60. The third kappa shape index (κ3) is 4.50. The Bertz CT molecular complexity index is 204. The van der Waals surface area contributed by atoms with Crippen LogP contribution in [-0.4, -0.2) is 63.0 Å². The first kappa shape index (κ1) is 15.9. The Labute approximate surface area is 112 Å². The maximum Gasteiger partial charge on any atom is 0.0852 e. The summed E-state index contributed by atoms with van der Waals surface area (Å²) in [5.74, 6) is 0. The monoisotopic (exact) mass is 258 g/mol. The van der Waals surface area contributed by atoms with E-state index in [-0.39, 0.29) is 0 Å². The van der Waals surface area contributed by atoms with Gasteiger partial charge in [-0.15, -0.1) is 0 Å². The molecule has 1 aliphatic heterocycles. The summed E-state index contributed by atoms with van der Waals surface area (Å²) in [7, 11) is 1.77. The van der Waals surface area contributed by atoms with E-state index < -0.39 is 0 Å². The van der Waals surface area contributed by atoms with Gasteiger partial charge in [-0.3, -0.25) is 4.90 Å². The second kappa shape index (κ2) is 8.86. The molecular weight excluding hydrogens is 228 g/mol. The minimum absolute atomic E-state index is 0.302. The van der Waals surface area contributed by atoms with Crippen molar-refractivity contribution in [2.45, 2.75) is 51.8 Å². The van der Waals surface area contributed by atoms with E-state index in [0.717, 1.165) is 32.8 Å². The molecule has 1 saturated heterocycles. The summed E-state index contributed by atoms with van der Waals surface area (Å²) in [4.78, 5) is 2.56. The summed E-state index contributed by atoms with van der Waals surface area (Å²) in [5.41, 5.74) is 0. The fraction of sp³-hybridized carbons (Fsp3) is 1.00. The van der Waals surface area contributed by atoms with Crippen molar-refractivity contribution in [3.8, 4) is 0 Å². The Kier molecular flexibility index (Phi) is 7.82. The highest BCUT2D eigenvalue weighted by atomic mass is 16.5. The van der Waals surface area contributed by atoms with Crippen LogP contribution in [0, 0.1) is 0 Å². The van der Waals surface area contributed by atoms with Gasteiger partial charge in [0, 0.05) is 38.8 Å². The highest BCUT2D eigenvalue weighted by Gasteiger charge is 2.29. The van der Waals surface area contributed by atoms with Gasteiger partial charge in [0.2, 0.25) is 0 Å². The molecule has 1 rings (SSSR count). The lowest BCUT2D eigenvalue weighted by Gasteiger charge is -2.40. The topological polar surface area (TPSA) is 33.7 Å². The van der Waals surface area contributed by atoms with Crippen molar-refractivity contribution in [1.82, 2.24) is 10.2 Å². The average Bonchev–Trinajstić information content (AvgIpc) is 2.43. The lowest BCUT2D eigenvalue weighted by atomic mass is 10.0. The summed E-state index contributed by atoms with van der Waals surface area (Å²) in [6.45, 7) is 11.4. The van der Waals surface area contributed by atoms with E-state index in [2.05, 4.69) is 31.0 Å². The number of ether oxygens (including phenoxy) is 2. The van der Waals surface area contributed by atoms with Crippen LogP contribution < -0.4 is 5.32 Å². The van der Waals surface area contributed by atoms with Crippen LogP contribution in [0.4, 0.5) is 0 Å². The predicted molar refractivity (Wildman–Crippen MR) is 75.0 cm³/mol. The molecule has 0 amide bonds. The minimum atomic E-state index is 0.302. The third-order valence-electron chi connectivity index (χ3n) is 3.98. The maximum absolute atomic E-state index is 5.89. The van der Waals surface area contributed by atoms with Crippen molar-refractivity contribution < 1.29 is 9.47 Å². The van der Waals surface area contributed by atoms with Gasteiger partial charge in [-0.25, -0.2) is 0 Å². The fourth-order valence-corrected chi connectivity index (χ4v) is 2.78. The van der Waals surface area contributed by atoms with Crippen LogP contribution in [-0.2, 0) is 9.47 Å². The Morgan fingerprint density at radius 2 is 2.11 bits per heavy atom. The molecule has 108 valence electrons. The SMILES string of the molecule is CCC(CC)N(CCOC)C(C)C1CNCCO1. The van der Waals surface area contributed by atoms with Gasteiger partial charge in [-0.2, -0.15) is 0 Å². The highest BCUT2D eigenvalue weighted by Crippen LogP contribution is 2.17. The molecule has 1 heterocycles. The maximum atomic E-state index is 5.89. The van der Waals surface area contributed by atoms with Crippen LogP contribution in [0.2, 0.25) is 0 Å². The molecule has 0 aromatic heterocycles. The van der Waals surface area contributed by atoms with Crippen LogP contribution >= 0.6 is 0 Å². The van der Waals surface area contributed by atoms with Gasteiger partial charge in [-0.1, -0.05) is 13.8 Å². The first-order valence-corrected chi connectivity index (χ1v) is 7.31. The first-order valence-electron chi connectivity index (χ1n) is 7.31. The van der Waals surface area contributed by atoms with E-state index in [1.165, 1.54) is 12.8 Å². The quantitative estimate of drug-likeness (QED) is 0.715. The number of rotatable bonds is 8. The molecule has 18 heavy (non-hydrogen) atoms. The number of nitrogens with zero attached hydrogens (tertiary/aromatic N) is 1. The van der Waals surface area contributed by atoms with Gasteiger partial charge in [0.1, 0.15) is 0 Å². The number of morpholine rings is 1. The van der Waals surface area contributed by atoms with Gasteiger partial charge < -0.3 is 14.8 Å². The van der Waals surface area contributed by atoms with Crippen LogP contribution in [0.25, 0.3) is 0 Å². The molecule has 0 aliphatic carbocycles. The van der Waals surface area contributed by atoms with Gasteiger partial charge in [-0.05, 0) is 19.8 Å². The Morgan fingerprint density at radius 3 is 2.61 bits per heavy atom. The Hall–Kier alpha value is -0.160. The van der Waals surface area contributed by atoms with E-state index in [0.29, 0.717) is 18.2 Å². The largest absolute Gasteiger partial charge is 0.383 e. The van der Waals surface area contributed by atoms with Crippen molar-refractivity contribution >= 4 is 0 Å². The van der Waals surface area contributed by atoms with Crippen molar-refractivity contribution in [2.75, 3.05) is 40.0 Å². The van der Waals surface area contributed by atoms with Crippen LogP contribution in [0.5, 0.6) is 0 Å². The smallest absolute Gasteiger partial charge is 0.0852 e. The summed E-state index contributed by atoms with van der Waals surface area (Å²) in [6, 6.07) is 1.07. The molecule has 0 saturated carbocycles. The molecule has 0 spiro atoms. The molecule has 0 radical (unpaired) electrons. The van der Waals surface area contributed by atoms with Gasteiger partial charge in [0.25, 0.3) is 0 Å². The zero-order chi connectivity index (χ0) is 13.4. The summed E-state index contributed by atoms with van der Waals surface area (Å²) in [5, 5.41) is 3.42.